The van der Waals surface area contributed by atoms with Crippen LogP contribution in [0.4, 0.5) is 0 Å². The molecule has 0 spiro atoms. The fourth-order valence-corrected chi connectivity index (χ4v) is 3.81. The molecule has 160 valence electrons. The topological polar surface area (TPSA) is 152 Å². The van der Waals surface area contributed by atoms with Gasteiger partial charge in [0.25, 0.3) is 0 Å². The smallest absolute Gasteiger partial charge is 0.234 e. The molecule has 0 atom stereocenters. The van der Waals surface area contributed by atoms with Gasteiger partial charge in [-0.05, 0) is 37.1 Å². The lowest BCUT2D eigenvalue weighted by Gasteiger charge is -2.11. The summed E-state index contributed by atoms with van der Waals surface area (Å²) in [6.45, 7) is -0.0810. The Bertz CT molecular complexity index is 1320. The van der Waals surface area contributed by atoms with E-state index in [4.69, 9.17) is 9.88 Å². The highest BCUT2D eigenvalue weighted by Gasteiger charge is 2.54. The van der Waals surface area contributed by atoms with Crippen molar-refractivity contribution in [3.8, 4) is 23.1 Å². The maximum absolute atomic E-state index is 12.8. The van der Waals surface area contributed by atoms with Gasteiger partial charge in [0.15, 0.2) is 17.2 Å². The van der Waals surface area contributed by atoms with Gasteiger partial charge in [-0.25, -0.2) is 23.1 Å². The molecule has 2 heterocycles. The van der Waals surface area contributed by atoms with Gasteiger partial charge in [-0.1, -0.05) is 12.1 Å². The first-order valence-electron chi connectivity index (χ1n) is 9.51. The van der Waals surface area contributed by atoms with Crippen LogP contribution in [0.1, 0.15) is 24.2 Å². The zero-order valence-electron chi connectivity index (χ0n) is 16.7. The van der Waals surface area contributed by atoms with E-state index in [9.17, 15) is 18.5 Å². The third-order valence-electron chi connectivity index (χ3n) is 5.24. The van der Waals surface area contributed by atoms with Crippen LogP contribution < -0.4 is 15.2 Å². The van der Waals surface area contributed by atoms with Crippen molar-refractivity contribution in [2.75, 3.05) is 19.4 Å². The number of carbonyl (C=O) groups excluding carboxylic acids is 1. The molecule has 3 aromatic rings. The predicted molar refractivity (Wildman–Crippen MR) is 112 cm³/mol. The number of nitrogens with one attached hydrogen (secondary N) is 1. The molecule has 3 N–H and O–H groups in total. The number of rotatable bonds is 7. The third-order valence-corrected chi connectivity index (χ3v) is 6.01. The van der Waals surface area contributed by atoms with Crippen LogP contribution in [0.5, 0.6) is 5.75 Å². The number of pyridine rings is 1. The van der Waals surface area contributed by atoms with Gasteiger partial charge < -0.3 is 10.1 Å². The molecule has 1 aliphatic rings. The molecule has 0 bridgehead atoms. The SMILES string of the molecule is COc1ccc(-c2cccc(C#N)c2)n2nc(C3(C(=O)NCCS(N)(=O)=O)CC3)nc12. The minimum atomic E-state index is -3.67. The van der Waals surface area contributed by atoms with E-state index in [2.05, 4.69) is 21.5 Å². The molecular weight excluding hydrogens is 420 g/mol. The van der Waals surface area contributed by atoms with Crippen molar-refractivity contribution >= 4 is 21.6 Å². The summed E-state index contributed by atoms with van der Waals surface area (Å²) in [4.78, 5) is 17.4. The number of hydrogen-bond donors (Lipinski definition) is 2. The summed E-state index contributed by atoms with van der Waals surface area (Å²) < 4.78 is 29.3. The third kappa shape index (κ3) is 3.95. The number of primary sulfonamides is 1. The molecule has 1 aliphatic carbocycles. The van der Waals surface area contributed by atoms with E-state index in [0.29, 0.717) is 41.3 Å². The van der Waals surface area contributed by atoms with Gasteiger partial charge in [0.1, 0.15) is 5.41 Å². The number of nitrogens with two attached hydrogens (primary N) is 1. The van der Waals surface area contributed by atoms with E-state index >= 15 is 0 Å². The molecule has 0 unspecified atom stereocenters. The maximum atomic E-state index is 12.8. The van der Waals surface area contributed by atoms with E-state index in [1.54, 1.807) is 28.8 Å². The monoisotopic (exact) mass is 440 g/mol. The summed E-state index contributed by atoms with van der Waals surface area (Å²) in [6, 6.07) is 12.8. The Morgan fingerprint density at radius 3 is 2.77 bits per heavy atom. The largest absolute Gasteiger partial charge is 0.493 e. The van der Waals surface area contributed by atoms with Crippen molar-refractivity contribution < 1.29 is 17.9 Å². The molecule has 4 rings (SSSR count). The summed E-state index contributed by atoms with van der Waals surface area (Å²) in [7, 11) is -2.15. The lowest BCUT2D eigenvalue weighted by molar-refractivity contribution is -0.123. The van der Waals surface area contributed by atoms with Crippen molar-refractivity contribution in [2.24, 2.45) is 5.14 Å². The quantitative estimate of drug-likeness (QED) is 0.549. The van der Waals surface area contributed by atoms with Crippen molar-refractivity contribution in [2.45, 2.75) is 18.3 Å². The van der Waals surface area contributed by atoms with Crippen LogP contribution in [0.15, 0.2) is 36.4 Å². The van der Waals surface area contributed by atoms with Gasteiger partial charge in [0.2, 0.25) is 15.9 Å². The van der Waals surface area contributed by atoms with Crippen molar-refractivity contribution in [3.05, 3.63) is 47.8 Å². The first-order valence-corrected chi connectivity index (χ1v) is 11.2. The average Bonchev–Trinajstić information content (AvgIpc) is 3.44. The summed E-state index contributed by atoms with van der Waals surface area (Å²) in [5.74, 6) is 0.145. The van der Waals surface area contributed by atoms with Crippen molar-refractivity contribution in [3.63, 3.8) is 0 Å². The summed E-state index contributed by atoms with van der Waals surface area (Å²) in [6.07, 6.45) is 1.10. The first kappa shape index (κ1) is 20.8. The Morgan fingerprint density at radius 2 is 2.13 bits per heavy atom. The fraction of sp³-hybridized carbons (Fsp3) is 0.300. The van der Waals surface area contributed by atoms with Gasteiger partial charge in [-0.2, -0.15) is 5.26 Å². The van der Waals surface area contributed by atoms with Crippen LogP contribution in [0.2, 0.25) is 0 Å². The van der Waals surface area contributed by atoms with Gasteiger partial charge in [-0.3, -0.25) is 4.79 Å². The summed E-state index contributed by atoms with van der Waals surface area (Å²) in [5.41, 5.74) is 1.50. The second kappa shape index (κ2) is 7.64. The van der Waals surface area contributed by atoms with Crippen LogP contribution >= 0.6 is 0 Å². The molecule has 31 heavy (non-hydrogen) atoms. The van der Waals surface area contributed by atoms with Crippen molar-refractivity contribution in [1.82, 2.24) is 19.9 Å². The minimum absolute atomic E-state index is 0.0810. The van der Waals surface area contributed by atoms with Crippen molar-refractivity contribution in [1.29, 1.82) is 5.26 Å². The van der Waals surface area contributed by atoms with Crippen LogP contribution in [0, 0.1) is 11.3 Å². The van der Waals surface area contributed by atoms with E-state index < -0.39 is 15.4 Å². The number of nitrogens with zero attached hydrogens (tertiary/aromatic N) is 4. The van der Waals surface area contributed by atoms with Crippen LogP contribution in [0.3, 0.4) is 0 Å². The zero-order chi connectivity index (χ0) is 22.2. The standard InChI is InChI=1S/C20H20N6O4S/c1-30-16-6-5-15(14-4-2-3-13(11-14)12-21)26-17(16)24-18(25-26)20(7-8-20)19(27)23-9-10-31(22,28)29/h2-6,11H,7-10H2,1H3,(H,23,27)(H2,22,28,29). The van der Waals surface area contributed by atoms with E-state index in [1.807, 2.05) is 12.1 Å². The zero-order valence-corrected chi connectivity index (χ0v) is 17.5. The lowest BCUT2D eigenvalue weighted by Crippen LogP contribution is -2.38. The van der Waals surface area contributed by atoms with E-state index in [1.165, 1.54) is 7.11 Å². The molecule has 1 fully saturated rings. The second-order valence-electron chi connectivity index (χ2n) is 7.36. The van der Waals surface area contributed by atoms with Crippen LogP contribution in [0.25, 0.3) is 16.9 Å². The molecule has 10 nitrogen and oxygen atoms in total. The molecule has 0 aliphatic heterocycles. The molecule has 0 radical (unpaired) electrons. The number of hydrogen-bond acceptors (Lipinski definition) is 7. The molecular formula is C20H20N6O4S. The number of methoxy groups -OCH3 is 1. The Labute approximate surface area is 178 Å². The normalized spacial score (nSPS) is 14.7. The number of sulfonamides is 1. The Kier molecular flexibility index (Phi) is 5.12. The maximum Gasteiger partial charge on any atom is 0.234 e. The summed E-state index contributed by atoms with van der Waals surface area (Å²) >= 11 is 0. The molecule has 11 heteroatoms. The minimum Gasteiger partial charge on any atom is -0.493 e. The number of aromatic nitrogens is 3. The number of nitriles is 1. The molecule has 1 aromatic carbocycles. The molecule has 1 saturated carbocycles. The van der Waals surface area contributed by atoms with Gasteiger partial charge in [-0.15, -0.1) is 5.10 Å². The first-order chi connectivity index (χ1) is 14.8. The Morgan fingerprint density at radius 1 is 1.35 bits per heavy atom. The predicted octanol–water partition coefficient (Wildman–Crippen LogP) is 0.713. The van der Waals surface area contributed by atoms with E-state index in [0.717, 1.165) is 5.56 Å². The number of amides is 1. The van der Waals surface area contributed by atoms with Crippen LogP contribution in [-0.2, 0) is 20.2 Å². The number of benzene rings is 1. The Hall–Kier alpha value is -3.49. The molecule has 0 saturated heterocycles. The second-order valence-corrected chi connectivity index (χ2v) is 9.09. The van der Waals surface area contributed by atoms with Gasteiger partial charge in [0.05, 0.1) is 30.2 Å². The van der Waals surface area contributed by atoms with Crippen LogP contribution in [-0.4, -0.2) is 48.3 Å². The fourth-order valence-electron chi connectivity index (χ4n) is 3.42. The number of carbonyl (C=O) groups is 1. The van der Waals surface area contributed by atoms with Gasteiger partial charge >= 0.3 is 0 Å². The van der Waals surface area contributed by atoms with E-state index in [-0.39, 0.29) is 18.2 Å². The number of ether oxygens (including phenoxy) is 1. The average molecular weight is 440 g/mol. The molecule has 1 amide bonds. The highest BCUT2D eigenvalue weighted by Crippen LogP contribution is 2.47. The lowest BCUT2D eigenvalue weighted by atomic mass is 10.1. The number of fused-ring (bicyclic) bond motifs is 1. The Balaban J connectivity index is 1.73. The van der Waals surface area contributed by atoms with Gasteiger partial charge in [0, 0.05) is 12.1 Å². The summed E-state index contributed by atoms with van der Waals surface area (Å²) in [5, 5.41) is 21.4. The highest BCUT2D eigenvalue weighted by molar-refractivity contribution is 7.89. The molecule has 2 aromatic heterocycles. The highest BCUT2D eigenvalue weighted by atomic mass is 32.2.